The van der Waals surface area contributed by atoms with Crippen LogP contribution in [0.5, 0.6) is 5.75 Å². The number of hydrogen-bond acceptors (Lipinski definition) is 5. The average Bonchev–Trinajstić information content (AvgIpc) is 2.97. The molecule has 0 radical (unpaired) electrons. The summed E-state index contributed by atoms with van der Waals surface area (Å²) in [5.41, 5.74) is 37.7. The quantitative estimate of drug-likeness (QED) is 0.166. The van der Waals surface area contributed by atoms with Gasteiger partial charge in [-0.05, 0) is 133 Å². The molecule has 0 atom stereocenters. The second kappa shape index (κ2) is 14.9. The first kappa shape index (κ1) is 30.5. The number of hydrogen-bond donors (Lipinski definition) is 4. The van der Waals surface area contributed by atoms with Crippen molar-refractivity contribution < 1.29 is 4.74 Å². The van der Waals surface area contributed by atoms with Crippen molar-refractivity contribution in [1.82, 2.24) is 0 Å². The first-order valence-electron chi connectivity index (χ1n) is 14.9. The molecule has 0 aromatic heterocycles. The molecule has 0 unspecified atom stereocenters. The highest BCUT2D eigenvalue weighted by atomic mass is 16.5. The van der Waals surface area contributed by atoms with E-state index < -0.39 is 0 Å². The van der Waals surface area contributed by atoms with E-state index >= 15 is 0 Å². The van der Waals surface area contributed by atoms with Crippen LogP contribution in [-0.2, 0) is 38.7 Å². The minimum absolute atomic E-state index is 0.511. The van der Waals surface area contributed by atoms with Crippen molar-refractivity contribution in [2.24, 2.45) is 22.9 Å². The molecule has 0 saturated carbocycles. The second-order valence-electron chi connectivity index (χ2n) is 10.7. The van der Waals surface area contributed by atoms with Gasteiger partial charge in [-0.2, -0.15) is 0 Å². The molecule has 0 aliphatic heterocycles. The molecule has 0 aliphatic rings. The Bertz CT molecular complexity index is 1380. The highest BCUT2D eigenvalue weighted by molar-refractivity contribution is 5.78. The summed E-state index contributed by atoms with van der Waals surface area (Å²) in [6.07, 6.45) is 4.07. The molecule has 0 fully saturated rings. The second-order valence-corrected chi connectivity index (χ2v) is 10.7. The smallest absolute Gasteiger partial charge is 0.126 e. The van der Waals surface area contributed by atoms with Crippen LogP contribution < -0.4 is 27.7 Å². The summed E-state index contributed by atoms with van der Waals surface area (Å²) in [5.74, 6) is 0.917. The Labute approximate surface area is 245 Å². The van der Waals surface area contributed by atoms with Gasteiger partial charge in [0.25, 0.3) is 0 Å². The minimum atomic E-state index is 0.511. The third kappa shape index (κ3) is 7.43. The topological polar surface area (TPSA) is 113 Å². The molecule has 0 bridgehead atoms. The molecule has 0 amide bonds. The van der Waals surface area contributed by atoms with Crippen LogP contribution >= 0.6 is 0 Å². The van der Waals surface area contributed by atoms with E-state index in [4.69, 9.17) is 27.7 Å². The molecule has 4 rings (SSSR count). The largest absolute Gasteiger partial charge is 0.488 e. The van der Waals surface area contributed by atoms with Crippen molar-refractivity contribution >= 4 is 0 Å². The zero-order valence-corrected chi connectivity index (χ0v) is 24.7. The van der Waals surface area contributed by atoms with Crippen LogP contribution in [-0.4, -0.2) is 26.2 Å². The van der Waals surface area contributed by atoms with Crippen LogP contribution in [0.3, 0.4) is 0 Å². The van der Waals surface area contributed by atoms with Gasteiger partial charge < -0.3 is 27.7 Å². The molecular formula is C36H46N4O. The zero-order valence-electron chi connectivity index (χ0n) is 24.7. The molecule has 0 heterocycles. The summed E-state index contributed by atoms with van der Waals surface area (Å²) in [7, 11) is 0. The maximum absolute atomic E-state index is 6.43. The van der Waals surface area contributed by atoms with E-state index in [1.54, 1.807) is 0 Å². The summed E-state index contributed by atoms with van der Waals surface area (Å²) >= 11 is 0. The molecule has 216 valence electrons. The lowest BCUT2D eigenvalue weighted by atomic mass is 9.86. The minimum Gasteiger partial charge on any atom is -0.488 e. The molecule has 5 heteroatoms. The van der Waals surface area contributed by atoms with Crippen molar-refractivity contribution in [3.63, 3.8) is 0 Å². The van der Waals surface area contributed by atoms with E-state index in [-0.39, 0.29) is 0 Å². The molecule has 4 aromatic carbocycles. The van der Waals surface area contributed by atoms with Gasteiger partial charge in [0, 0.05) is 0 Å². The van der Waals surface area contributed by atoms with E-state index in [1.807, 2.05) is 18.2 Å². The Kier molecular flexibility index (Phi) is 11.1. The van der Waals surface area contributed by atoms with Gasteiger partial charge in [0.1, 0.15) is 12.4 Å². The van der Waals surface area contributed by atoms with Crippen molar-refractivity contribution in [2.75, 3.05) is 26.2 Å². The number of aryl methyl sites for hydroxylation is 2. The molecule has 0 saturated heterocycles. The predicted molar refractivity (Wildman–Crippen MR) is 173 cm³/mol. The lowest BCUT2D eigenvalue weighted by molar-refractivity contribution is 0.300. The fourth-order valence-electron chi connectivity index (χ4n) is 5.85. The van der Waals surface area contributed by atoms with Crippen LogP contribution in [0.25, 0.3) is 22.3 Å². The average molecular weight is 551 g/mol. The standard InChI is InChI=1S/C36H46N4O/c1-3-27-21-28(35-29(11-15-37)19-25(2)20-30(35)12-16-38)9-10-34(27)33-22-31(13-17-39)36(32(23-33)14-18-40)41-24-26-7-5-4-6-8-26/h4-10,19-23H,3,11-18,24,37-40H2,1-2H3. The highest BCUT2D eigenvalue weighted by Gasteiger charge is 2.17. The maximum Gasteiger partial charge on any atom is 0.126 e. The molecule has 0 aliphatic carbocycles. The summed E-state index contributed by atoms with van der Waals surface area (Å²) in [4.78, 5) is 0. The van der Waals surface area contributed by atoms with E-state index in [2.05, 4.69) is 68.4 Å². The lowest BCUT2D eigenvalue weighted by Crippen LogP contribution is -2.11. The fraction of sp³-hybridized carbons (Fsp3) is 0.333. The van der Waals surface area contributed by atoms with E-state index in [9.17, 15) is 0 Å². The number of rotatable bonds is 14. The van der Waals surface area contributed by atoms with E-state index in [0.29, 0.717) is 32.8 Å². The first-order valence-corrected chi connectivity index (χ1v) is 14.9. The molecule has 8 N–H and O–H groups in total. The Hall–Kier alpha value is -3.48. The Morgan fingerprint density at radius 1 is 0.585 bits per heavy atom. The predicted octanol–water partition coefficient (Wildman–Crippen LogP) is 5.48. The van der Waals surface area contributed by atoms with Gasteiger partial charge in [-0.25, -0.2) is 0 Å². The fourth-order valence-corrected chi connectivity index (χ4v) is 5.85. The summed E-state index contributed by atoms with van der Waals surface area (Å²) in [6, 6.07) is 26.2. The first-order chi connectivity index (χ1) is 20.0. The van der Waals surface area contributed by atoms with Crippen molar-refractivity contribution in [1.29, 1.82) is 0 Å². The molecule has 5 nitrogen and oxygen atoms in total. The number of nitrogens with two attached hydrogens (primary N) is 4. The van der Waals surface area contributed by atoms with Gasteiger partial charge in [0.2, 0.25) is 0 Å². The van der Waals surface area contributed by atoms with Crippen LogP contribution in [0.1, 0.15) is 45.9 Å². The van der Waals surface area contributed by atoms with Gasteiger partial charge in [-0.1, -0.05) is 73.2 Å². The van der Waals surface area contributed by atoms with Crippen molar-refractivity contribution in [3.8, 4) is 28.0 Å². The number of benzene rings is 4. The zero-order chi connectivity index (χ0) is 29.2. The maximum atomic E-state index is 6.43. The van der Waals surface area contributed by atoms with Gasteiger partial charge in [-0.3, -0.25) is 0 Å². The van der Waals surface area contributed by atoms with Crippen molar-refractivity contribution in [3.05, 3.63) is 112 Å². The summed E-state index contributed by atoms with van der Waals surface area (Å²) < 4.78 is 6.43. The van der Waals surface area contributed by atoms with Crippen molar-refractivity contribution in [2.45, 2.75) is 52.6 Å². The third-order valence-corrected chi connectivity index (χ3v) is 7.66. The van der Waals surface area contributed by atoms with Crippen LogP contribution in [0.2, 0.25) is 0 Å². The Morgan fingerprint density at radius 3 is 1.66 bits per heavy atom. The van der Waals surface area contributed by atoms with E-state index in [0.717, 1.165) is 54.5 Å². The molecular weight excluding hydrogens is 504 g/mol. The SMILES string of the molecule is CCc1cc(-c2c(CCN)cc(C)cc2CCN)ccc1-c1cc(CCN)c(OCc2ccccc2)c(CCN)c1. The van der Waals surface area contributed by atoms with Crippen LogP contribution in [0, 0.1) is 6.92 Å². The summed E-state index contributed by atoms with van der Waals surface area (Å²) in [6.45, 7) is 7.21. The molecule has 0 spiro atoms. The summed E-state index contributed by atoms with van der Waals surface area (Å²) in [5, 5.41) is 0. The van der Waals surface area contributed by atoms with E-state index in [1.165, 1.54) is 44.5 Å². The lowest BCUT2D eigenvalue weighted by Gasteiger charge is -2.21. The third-order valence-electron chi connectivity index (χ3n) is 7.66. The number of ether oxygens (including phenoxy) is 1. The highest BCUT2D eigenvalue weighted by Crippen LogP contribution is 2.37. The molecule has 4 aromatic rings. The van der Waals surface area contributed by atoms with Gasteiger partial charge in [0.15, 0.2) is 0 Å². The van der Waals surface area contributed by atoms with Gasteiger partial charge in [-0.15, -0.1) is 0 Å². The van der Waals surface area contributed by atoms with Crippen LogP contribution in [0.4, 0.5) is 0 Å². The van der Waals surface area contributed by atoms with Gasteiger partial charge >= 0.3 is 0 Å². The molecule has 41 heavy (non-hydrogen) atoms. The monoisotopic (exact) mass is 550 g/mol. The Balaban J connectivity index is 1.80. The normalized spacial score (nSPS) is 11.2. The Morgan fingerprint density at radius 2 is 1.12 bits per heavy atom. The van der Waals surface area contributed by atoms with Gasteiger partial charge in [0.05, 0.1) is 0 Å². The van der Waals surface area contributed by atoms with Crippen LogP contribution in [0.15, 0.2) is 72.8 Å².